The van der Waals surface area contributed by atoms with Crippen LogP contribution in [0.1, 0.15) is 176 Å². The number of carboxylic acid groups (broad SMARTS) is 1. The van der Waals surface area contributed by atoms with Crippen molar-refractivity contribution in [2.45, 2.75) is 245 Å². The van der Waals surface area contributed by atoms with Crippen LogP contribution in [0.4, 0.5) is 0 Å². The van der Waals surface area contributed by atoms with Gasteiger partial charge in [-0.1, -0.05) is 157 Å². The number of benzene rings is 3. The van der Waals surface area contributed by atoms with Gasteiger partial charge in [-0.3, -0.25) is 57.5 Å². The van der Waals surface area contributed by atoms with Crippen molar-refractivity contribution in [2.24, 2.45) is 29.2 Å². The molecule has 1 aliphatic rings. The summed E-state index contributed by atoms with van der Waals surface area (Å²) in [4.78, 5) is 188. The van der Waals surface area contributed by atoms with Crippen molar-refractivity contribution in [1.82, 2.24) is 63.1 Å². The van der Waals surface area contributed by atoms with Crippen molar-refractivity contribution in [2.75, 3.05) is 38.2 Å². The predicted molar refractivity (Wildman–Crippen MR) is 451 cm³/mol. The van der Waals surface area contributed by atoms with E-state index in [1.54, 1.807) is 101 Å². The number of nitrogens with one attached hydrogen (secondary N) is 11. The number of hydrogen-bond donors (Lipinski definition) is 15. The van der Waals surface area contributed by atoms with Crippen LogP contribution in [0.2, 0.25) is 0 Å². The molecule has 0 saturated carbocycles. The standard InChI is InChI=1S/C86H126N14O16S/c1-13-54(9)74(99-84(113)75(55(10)14-2)98-77(106)63(88)44-59-36-38-61(101)39-37-59)83(112)92-65(34-21-22-41-87)78(107)90-49-71(102)97-73(52(6)7)82(111)94-66(45-58-29-17-16-18-30-58)79(108)93-67(46-60-48-89-64-33-20-19-32-62(60)64)80(109)95-68(47-72(103)104)85(114)100-42-25-35-70(100)81(110)91-56(11)76(105)96-69(86(115)116-12)50-117-43-40-57(15-3)31-24-28-53(8)27-23-26-51(4)5/h16-20,26,28-30,32-33,36-40,48,52,54-56,63,65-70,73-75,89,101H,13-15,21-25,27,31,34-35,41-47,49-50,87-88H2,1-12H3,(H,90,107)(H,91,110)(H,92,112)(H,93,108)(H,94,111)(H,95,109)(H,96,105)(H,97,102)(H,98,106)(H,99,113)(H,103,104)/b53-28+,57-40+/t54-,55-,56-,63-,65-,66-,67-,68-,69-,70-,73-,74-,75-/m0/s1. The zero-order valence-corrected chi connectivity index (χ0v) is 70.7. The zero-order chi connectivity index (χ0) is 86.4. The molecule has 13 atom stereocenters. The zero-order valence-electron chi connectivity index (χ0n) is 69.9. The molecular weight excluding hydrogens is 1520 g/mol. The number of carboxylic acids is 1. The minimum atomic E-state index is -1.81. The molecule has 5 rings (SSSR count). The number of allylic oxidation sites excluding steroid dienone is 5. The number of methoxy groups -OCH3 is 1. The maximum absolute atomic E-state index is 15.1. The van der Waals surface area contributed by atoms with Gasteiger partial charge in [-0.2, -0.15) is 11.8 Å². The van der Waals surface area contributed by atoms with Gasteiger partial charge in [-0.05, 0) is 158 Å². The van der Waals surface area contributed by atoms with E-state index in [1.807, 2.05) is 13.8 Å². The van der Waals surface area contributed by atoms with E-state index in [0.717, 1.165) is 37.0 Å². The number of carbonyl (C=O) groups is 13. The highest BCUT2D eigenvalue weighted by Crippen LogP contribution is 2.24. The van der Waals surface area contributed by atoms with E-state index in [2.05, 4.69) is 104 Å². The summed E-state index contributed by atoms with van der Waals surface area (Å²) < 4.78 is 5.03. The number of likely N-dealkylation sites (tertiary alicyclic amines) is 1. The SMILES string of the molecule is CC/C(=C\CSC[C@H](NC(=O)[C@H](C)NC(=O)[C@@H]1CCCN1C(=O)[C@H](CC(=O)O)NC(=O)[C@H](Cc1c[nH]c2ccccc12)NC(=O)[C@H](Cc1ccccc1)NC(=O)[C@@H](NC(=O)CNC(=O)[C@H](CCCCN)NC(=O)[C@@H](NC(=O)[C@@H](NC(=O)[C@@H](N)Cc1ccc(O)cc1)[C@@H](C)CC)[C@@H](C)CC)C(C)C)C(=O)OC)CC/C=C(\C)CCC=C(C)C. The molecule has 1 aromatic heterocycles. The van der Waals surface area contributed by atoms with Gasteiger partial charge in [0.05, 0.1) is 26.1 Å². The molecular formula is C86H126N14O16S. The first kappa shape index (κ1) is 97.2. The molecule has 31 heteroatoms. The molecule has 0 unspecified atom stereocenters. The molecule has 117 heavy (non-hydrogen) atoms. The summed E-state index contributed by atoms with van der Waals surface area (Å²) in [5.74, 6) is -11.8. The minimum Gasteiger partial charge on any atom is -0.508 e. The van der Waals surface area contributed by atoms with Gasteiger partial charge in [0.15, 0.2) is 0 Å². The minimum absolute atomic E-state index is 0.0396. The Labute approximate surface area is 691 Å². The third-order valence-electron chi connectivity index (χ3n) is 20.9. The molecule has 0 aliphatic carbocycles. The van der Waals surface area contributed by atoms with E-state index in [1.165, 1.54) is 54.6 Å². The molecule has 0 radical (unpaired) electrons. The number of phenolic OH excluding ortho intramolecular Hbond substituents is 1. The van der Waals surface area contributed by atoms with E-state index < -0.39 is 174 Å². The number of nitrogens with zero attached hydrogens (tertiary/aromatic N) is 1. The van der Waals surface area contributed by atoms with E-state index in [4.69, 9.17) is 16.2 Å². The number of aromatic amines is 1. The van der Waals surface area contributed by atoms with Crippen LogP contribution >= 0.6 is 11.8 Å². The molecule has 4 aromatic rings. The molecule has 2 heterocycles. The number of rotatable bonds is 50. The van der Waals surface area contributed by atoms with Crippen molar-refractivity contribution >= 4 is 99.6 Å². The Kier molecular flexibility index (Phi) is 41.8. The summed E-state index contributed by atoms with van der Waals surface area (Å²) in [6.45, 7) is 19.8. The second-order valence-electron chi connectivity index (χ2n) is 30.8. The topological polar surface area (TPSA) is 463 Å². The number of thioether (sulfide) groups is 1. The fourth-order valence-corrected chi connectivity index (χ4v) is 14.3. The number of carbonyl (C=O) groups excluding carboxylic acids is 12. The number of esters is 1. The first-order valence-corrected chi connectivity index (χ1v) is 41.9. The first-order valence-electron chi connectivity index (χ1n) is 40.7. The number of phenols is 1. The molecule has 17 N–H and O–H groups in total. The Bertz CT molecular complexity index is 4070. The smallest absolute Gasteiger partial charge is 0.329 e. The van der Waals surface area contributed by atoms with Gasteiger partial charge in [-0.15, -0.1) is 0 Å². The van der Waals surface area contributed by atoms with Crippen molar-refractivity contribution in [3.05, 3.63) is 137 Å². The monoisotopic (exact) mass is 1640 g/mol. The summed E-state index contributed by atoms with van der Waals surface area (Å²) in [5, 5.41) is 47.7. The van der Waals surface area contributed by atoms with Crippen LogP contribution in [0, 0.1) is 17.8 Å². The number of amides is 11. The van der Waals surface area contributed by atoms with Crippen LogP contribution in [0.25, 0.3) is 10.9 Å². The first-order chi connectivity index (χ1) is 55.7. The van der Waals surface area contributed by atoms with Crippen molar-refractivity contribution in [3.8, 4) is 5.75 Å². The predicted octanol–water partition coefficient (Wildman–Crippen LogP) is 5.79. The molecule has 642 valence electrons. The molecule has 3 aromatic carbocycles. The fourth-order valence-electron chi connectivity index (χ4n) is 13.4. The quantitative estimate of drug-likeness (QED) is 0.0141. The number of nitrogens with two attached hydrogens (primary N) is 2. The third kappa shape index (κ3) is 32.6. The average molecular weight is 1640 g/mol. The van der Waals surface area contributed by atoms with Gasteiger partial charge >= 0.3 is 11.9 Å². The summed E-state index contributed by atoms with van der Waals surface area (Å²) in [6, 6.07) is 7.46. The van der Waals surface area contributed by atoms with Crippen LogP contribution in [-0.4, -0.2) is 202 Å². The normalized spacial score (nSPS) is 16.0. The van der Waals surface area contributed by atoms with Gasteiger partial charge in [0, 0.05) is 48.0 Å². The van der Waals surface area contributed by atoms with Crippen molar-refractivity contribution < 1.29 is 77.3 Å². The summed E-state index contributed by atoms with van der Waals surface area (Å²) in [6.07, 6.45) is 13.8. The van der Waals surface area contributed by atoms with E-state index in [-0.39, 0.29) is 63.1 Å². The number of hydrogen-bond acceptors (Lipinski definition) is 18. The highest BCUT2D eigenvalue weighted by atomic mass is 32.2. The van der Waals surface area contributed by atoms with Crippen molar-refractivity contribution in [3.63, 3.8) is 0 Å². The van der Waals surface area contributed by atoms with E-state index in [0.29, 0.717) is 59.0 Å². The largest absolute Gasteiger partial charge is 0.508 e. The van der Waals surface area contributed by atoms with Crippen LogP contribution in [0.3, 0.4) is 0 Å². The summed E-state index contributed by atoms with van der Waals surface area (Å²) >= 11 is 1.43. The van der Waals surface area contributed by atoms with Gasteiger partial charge in [-0.25, -0.2) is 4.79 Å². The van der Waals surface area contributed by atoms with Gasteiger partial charge in [0.25, 0.3) is 0 Å². The molecule has 1 fully saturated rings. The maximum atomic E-state index is 15.1. The lowest BCUT2D eigenvalue weighted by Gasteiger charge is -2.30. The number of ether oxygens (including phenoxy) is 1. The summed E-state index contributed by atoms with van der Waals surface area (Å²) in [7, 11) is 1.20. The van der Waals surface area contributed by atoms with E-state index in [9.17, 15) is 63.0 Å². The van der Waals surface area contributed by atoms with Gasteiger partial charge in [0.2, 0.25) is 65.0 Å². The van der Waals surface area contributed by atoms with E-state index >= 15 is 9.59 Å². The molecule has 1 saturated heterocycles. The number of unbranched alkanes of at least 4 members (excludes halogenated alkanes) is 1. The number of fused-ring (bicyclic) bond motifs is 1. The number of aromatic hydroxyl groups is 1. The third-order valence-corrected chi connectivity index (χ3v) is 21.9. The summed E-state index contributed by atoms with van der Waals surface area (Å²) in [5.41, 5.74) is 18.4. The second-order valence-corrected chi connectivity index (χ2v) is 31.8. The average Bonchev–Trinajstić information content (AvgIpc) is 1.69. The lowest BCUT2D eigenvalue weighted by Crippen LogP contribution is -2.61. The molecule has 0 spiro atoms. The number of aromatic nitrogens is 1. The highest BCUT2D eigenvalue weighted by Gasteiger charge is 2.42. The molecule has 11 amide bonds. The Hall–Kier alpha value is -10.4. The lowest BCUT2D eigenvalue weighted by molar-refractivity contribution is -0.146. The Morgan fingerprint density at radius 3 is 1.82 bits per heavy atom. The van der Waals surface area contributed by atoms with Gasteiger partial charge in [0.1, 0.15) is 66.2 Å². The second kappa shape index (κ2) is 50.3. The maximum Gasteiger partial charge on any atom is 0.329 e. The Balaban J connectivity index is 1.30. The molecule has 30 nitrogen and oxygen atoms in total. The van der Waals surface area contributed by atoms with Gasteiger partial charge < -0.3 is 89.5 Å². The van der Waals surface area contributed by atoms with Crippen LogP contribution in [0.5, 0.6) is 5.75 Å². The van der Waals surface area contributed by atoms with Crippen molar-refractivity contribution in [1.29, 1.82) is 0 Å². The number of H-pyrrole nitrogens is 1. The fraction of sp³-hybridized carbons (Fsp3) is 0.547. The highest BCUT2D eigenvalue weighted by molar-refractivity contribution is 7.99. The Morgan fingerprint density at radius 2 is 1.20 bits per heavy atom. The number of aliphatic carboxylic acids is 1. The van der Waals surface area contributed by atoms with Crippen LogP contribution in [0.15, 0.2) is 120 Å². The van der Waals surface area contributed by atoms with Crippen LogP contribution < -0.4 is 64.6 Å². The lowest BCUT2D eigenvalue weighted by atomic mass is 9.94. The Morgan fingerprint density at radius 1 is 0.615 bits per heavy atom. The van der Waals surface area contributed by atoms with Crippen LogP contribution in [-0.2, 0) is 86.3 Å². The molecule has 1 aliphatic heterocycles. The number of para-hydroxylation sites is 1. The molecule has 0 bridgehead atoms.